The highest BCUT2D eigenvalue weighted by atomic mass is 32.2. The number of nitrogens with one attached hydrogen (secondary N) is 1. The van der Waals surface area contributed by atoms with Crippen molar-refractivity contribution in [1.29, 1.82) is 0 Å². The summed E-state index contributed by atoms with van der Waals surface area (Å²) in [7, 11) is -2.57. The Balaban J connectivity index is 1.48. The lowest BCUT2D eigenvalue weighted by atomic mass is 10.2. The molecule has 4 rings (SSSR count). The highest BCUT2D eigenvalue weighted by Gasteiger charge is 2.33. The summed E-state index contributed by atoms with van der Waals surface area (Å²) in [6.07, 6.45) is 0. The number of carbonyl (C=O) groups excluding carboxylic acids is 1. The number of nitrogens with zero attached hydrogens (tertiary/aromatic N) is 4. The van der Waals surface area contributed by atoms with Crippen LogP contribution in [0.25, 0.3) is 0 Å². The zero-order valence-corrected chi connectivity index (χ0v) is 20.2. The Morgan fingerprint density at radius 2 is 1.76 bits per heavy atom. The van der Waals surface area contributed by atoms with E-state index in [1.54, 1.807) is 5.38 Å². The maximum atomic E-state index is 13.1. The molecule has 0 saturated carbocycles. The second-order valence-corrected chi connectivity index (χ2v) is 10.5. The number of aromatic nitrogens is 2. The number of esters is 1. The van der Waals surface area contributed by atoms with Crippen molar-refractivity contribution in [2.45, 2.75) is 18.7 Å². The molecule has 1 aromatic carbocycles. The number of aryl methyl sites for hydroxylation is 2. The minimum Gasteiger partial charge on any atom is -0.465 e. The fraction of sp³-hybridized carbons (Fsp3) is 0.318. The van der Waals surface area contributed by atoms with Gasteiger partial charge in [0, 0.05) is 43.6 Å². The van der Waals surface area contributed by atoms with Crippen molar-refractivity contribution in [3.05, 3.63) is 57.9 Å². The van der Waals surface area contributed by atoms with Crippen LogP contribution in [-0.4, -0.2) is 61.9 Å². The minimum atomic E-state index is -3.81. The van der Waals surface area contributed by atoms with Crippen molar-refractivity contribution in [1.82, 2.24) is 14.3 Å². The molecule has 0 unspecified atom stereocenters. The van der Waals surface area contributed by atoms with Gasteiger partial charge in [-0.2, -0.15) is 9.29 Å². The molecule has 3 aromatic rings. The van der Waals surface area contributed by atoms with E-state index in [2.05, 4.69) is 15.3 Å². The maximum absolute atomic E-state index is 13.1. The van der Waals surface area contributed by atoms with E-state index in [4.69, 9.17) is 4.74 Å². The SMILES string of the molecule is COC(=O)c1sccc1S(=O)(=O)N1CCN(c2nc(C)cc(Nc3ccc(C)cc3)n2)CC1. The standard InChI is InChI=1S/C22H25N5O4S2/c1-15-4-6-17(7-5-15)24-19-14-16(2)23-22(25-19)26-9-11-27(12-10-26)33(29,30)18-8-13-32-20(18)21(28)31-3/h4-8,13-14H,9-12H2,1-3H3,(H,23,24,25). The molecule has 1 aliphatic rings. The number of thiophene rings is 1. The number of carbonyl (C=O) groups is 1. The number of hydrogen-bond donors (Lipinski definition) is 1. The Hall–Kier alpha value is -3.02. The van der Waals surface area contributed by atoms with Gasteiger partial charge < -0.3 is 15.0 Å². The van der Waals surface area contributed by atoms with Crippen LogP contribution in [0.15, 0.2) is 46.7 Å². The summed E-state index contributed by atoms with van der Waals surface area (Å²) in [5.74, 6) is 0.578. The van der Waals surface area contributed by atoms with Crippen LogP contribution in [0.1, 0.15) is 20.9 Å². The number of anilines is 3. The molecule has 174 valence electrons. The first-order chi connectivity index (χ1) is 15.8. The van der Waals surface area contributed by atoms with Crippen molar-refractivity contribution >= 4 is 44.8 Å². The molecule has 11 heteroatoms. The van der Waals surface area contributed by atoms with Gasteiger partial charge in [0.25, 0.3) is 0 Å². The van der Waals surface area contributed by atoms with E-state index in [0.29, 0.717) is 24.9 Å². The van der Waals surface area contributed by atoms with Gasteiger partial charge in [0.05, 0.1) is 7.11 Å². The third-order valence-corrected chi connectivity index (χ3v) is 8.27. The Labute approximate surface area is 197 Å². The zero-order chi connectivity index (χ0) is 23.6. The second kappa shape index (κ2) is 9.46. The fourth-order valence-corrected chi connectivity index (χ4v) is 6.28. The van der Waals surface area contributed by atoms with Crippen LogP contribution in [0.4, 0.5) is 17.5 Å². The number of ether oxygens (including phenoxy) is 1. The van der Waals surface area contributed by atoms with Crippen molar-refractivity contribution < 1.29 is 17.9 Å². The monoisotopic (exact) mass is 487 g/mol. The van der Waals surface area contributed by atoms with Gasteiger partial charge in [-0.1, -0.05) is 17.7 Å². The van der Waals surface area contributed by atoms with Crippen LogP contribution in [-0.2, 0) is 14.8 Å². The first-order valence-electron chi connectivity index (χ1n) is 10.4. The predicted octanol–water partition coefficient (Wildman–Crippen LogP) is 3.20. The molecule has 0 spiro atoms. The topological polar surface area (TPSA) is 105 Å². The lowest BCUT2D eigenvalue weighted by Gasteiger charge is -2.34. The predicted molar refractivity (Wildman–Crippen MR) is 128 cm³/mol. The maximum Gasteiger partial charge on any atom is 0.349 e. The summed E-state index contributed by atoms with van der Waals surface area (Å²) in [6, 6.07) is 11.3. The van der Waals surface area contributed by atoms with Crippen LogP contribution in [0, 0.1) is 13.8 Å². The number of benzene rings is 1. The first kappa shape index (κ1) is 23.1. The summed E-state index contributed by atoms with van der Waals surface area (Å²) in [4.78, 5) is 23.2. The van der Waals surface area contributed by atoms with E-state index in [9.17, 15) is 13.2 Å². The van der Waals surface area contributed by atoms with E-state index in [-0.39, 0.29) is 22.9 Å². The van der Waals surface area contributed by atoms with Gasteiger partial charge in [0.15, 0.2) is 0 Å². The van der Waals surface area contributed by atoms with Gasteiger partial charge in [-0.05, 0) is 37.4 Å². The average molecular weight is 488 g/mol. The fourth-order valence-electron chi connectivity index (χ4n) is 3.55. The molecule has 0 bridgehead atoms. The molecular weight excluding hydrogens is 462 g/mol. The molecule has 1 saturated heterocycles. The third kappa shape index (κ3) is 5.00. The Morgan fingerprint density at radius 1 is 1.06 bits per heavy atom. The number of sulfonamides is 1. The van der Waals surface area contributed by atoms with Crippen LogP contribution < -0.4 is 10.2 Å². The van der Waals surface area contributed by atoms with Crippen molar-refractivity contribution in [3.8, 4) is 0 Å². The lowest BCUT2D eigenvalue weighted by Crippen LogP contribution is -2.49. The Kier molecular flexibility index (Phi) is 6.63. The summed E-state index contributed by atoms with van der Waals surface area (Å²) in [5.41, 5.74) is 2.91. The second-order valence-electron chi connectivity index (χ2n) is 7.68. The van der Waals surface area contributed by atoms with E-state index in [1.807, 2.05) is 49.1 Å². The minimum absolute atomic E-state index is 0.0100. The quantitative estimate of drug-likeness (QED) is 0.529. The molecular formula is C22H25N5O4S2. The number of hydrogen-bond acceptors (Lipinski definition) is 9. The summed E-state index contributed by atoms with van der Waals surface area (Å²) in [5, 5.41) is 4.88. The van der Waals surface area contributed by atoms with Crippen LogP contribution in [0.5, 0.6) is 0 Å². The number of piperazine rings is 1. The van der Waals surface area contributed by atoms with Crippen molar-refractivity contribution in [2.75, 3.05) is 43.5 Å². The van der Waals surface area contributed by atoms with Crippen molar-refractivity contribution in [2.24, 2.45) is 0 Å². The molecule has 3 heterocycles. The van der Waals surface area contributed by atoms with Crippen LogP contribution in [0.3, 0.4) is 0 Å². The highest BCUT2D eigenvalue weighted by molar-refractivity contribution is 7.89. The summed E-state index contributed by atoms with van der Waals surface area (Å²) < 4.78 is 32.4. The van der Waals surface area contributed by atoms with Gasteiger partial charge in [-0.15, -0.1) is 11.3 Å². The van der Waals surface area contributed by atoms with E-state index in [0.717, 1.165) is 22.7 Å². The van der Waals surface area contributed by atoms with Crippen molar-refractivity contribution in [3.63, 3.8) is 0 Å². The molecule has 1 fully saturated rings. The van der Waals surface area contributed by atoms with E-state index >= 15 is 0 Å². The van der Waals surface area contributed by atoms with Crippen LogP contribution >= 0.6 is 11.3 Å². The highest BCUT2D eigenvalue weighted by Crippen LogP contribution is 2.27. The van der Waals surface area contributed by atoms with Gasteiger partial charge in [0.1, 0.15) is 15.6 Å². The number of methoxy groups -OCH3 is 1. The van der Waals surface area contributed by atoms with Gasteiger partial charge in [0.2, 0.25) is 16.0 Å². The molecule has 2 aromatic heterocycles. The first-order valence-corrected chi connectivity index (χ1v) is 12.7. The normalized spacial score (nSPS) is 14.8. The largest absolute Gasteiger partial charge is 0.465 e. The molecule has 33 heavy (non-hydrogen) atoms. The smallest absolute Gasteiger partial charge is 0.349 e. The Morgan fingerprint density at radius 3 is 2.42 bits per heavy atom. The molecule has 1 N–H and O–H groups in total. The molecule has 0 radical (unpaired) electrons. The molecule has 0 aliphatic carbocycles. The zero-order valence-electron chi connectivity index (χ0n) is 18.6. The molecule has 1 aliphatic heterocycles. The average Bonchev–Trinajstić information content (AvgIpc) is 3.31. The molecule has 9 nitrogen and oxygen atoms in total. The number of rotatable bonds is 6. The molecule has 0 amide bonds. The van der Waals surface area contributed by atoms with E-state index in [1.165, 1.54) is 23.0 Å². The van der Waals surface area contributed by atoms with Crippen LogP contribution in [0.2, 0.25) is 0 Å². The third-order valence-electron chi connectivity index (χ3n) is 5.31. The van der Waals surface area contributed by atoms with Gasteiger partial charge in [-0.25, -0.2) is 18.2 Å². The molecule has 0 atom stereocenters. The van der Waals surface area contributed by atoms with Gasteiger partial charge >= 0.3 is 5.97 Å². The Bertz CT molecular complexity index is 1250. The van der Waals surface area contributed by atoms with E-state index < -0.39 is 16.0 Å². The summed E-state index contributed by atoms with van der Waals surface area (Å²) >= 11 is 1.06. The lowest BCUT2D eigenvalue weighted by molar-refractivity contribution is 0.0602. The van der Waals surface area contributed by atoms with Gasteiger partial charge in [-0.3, -0.25) is 0 Å². The summed E-state index contributed by atoms with van der Waals surface area (Å²) in [6.45, 7) is 5.32.